The maximum Gasteiger partial charge on any atom is 0.339 e. The first-order valence-electron chi connectivity index (χ1n) is 11.7. The fourth-order valence-corrected chi connectivity index (χ4v) is 3.55. The molecule has 0 aromatic heterocycles. The van der Waals surface area contributed by atoms with Crippen molar-refractivity contribution in [1.29, 1.82) is 0 Å². The molecular formula is C29H31BrO4. The minimum Gasteiger partial charge on any atom is -0.461 e. The van der Waals surface area contributed by atoms with Gasteiger partial charge in [-0.15, -0.1) is 0 Å². The Hall–Kier alpha value is -3.02. The number of fused-ring (bicyclic) bond motifs is 1. The van der Waals surface area contributed by atoms with E-state index in [-0.39, 0.29) is 6.61 Å². The molecule has 0 radical (unpaired) electrons. The van der Waals surface area contributed by atoms with Gasteiger partial charge in [-0.25, -0.2) is 4.79 Å². The summed E-state index contributed by atoms with van der Waals surface area (Å²) in [5.41, 5.74) is 0.416. The molecule has 0 saturated carbocycles. The lowest BCUT2D eigenvalue weighted by Crippen LogP contribution is -2.23. The topological polar surface area (TPSA) is 52.6 Å². The van der Waals surface area contributed by atoms with Gasteiger partial charge in [0.25, 0.3) is 0 Å². The molecule has 0 fully saturated rings. The molecule has 2 rings (SSSR count). The molecule has 1 atom stereocenters. The minimum atomic E-state index is -0.878. The fraction of sp³-hybridized carbons (Fsp3) is 0.379. The van der Waals surface area contributed by atoms with Crippen LogP contribution in [0.2, 0.25) is 0 Å². The van der Waals surface area contributed by atoms with Crippen LogP contribution in [0.4, 0.5) is 0 Å². The molecule has 0 bridgehead atoms. The molecule has 0 saturated heterocycles. The minimum absolute atomic E-state index is 0.130. The number of hydrogen-bond acceptors (Lipinski definition) is 4. The monoisotopic (exact) mass is 522 g/mol. The molecular weight excluding hydrogens is 492 g/mol. The van der Waals surface area contributed by atoms with Crippen molar-refractivity contribution >= 4 is 38.6 Å². The van der Waals surface area contributed by atoms with Crippen molar-refractivity contribution in [1.82, 2.24) is 0 Å². The number of benzene rings is 2. The van der Waals surface area contributed by atoms with E-state index in [1.54, 1.807) is 12.1 Å². The molecule has 0 N–H and O–H groups in total. The van der Waals surface area contributed by atoms with Crippen molar-refractivity contribution in [3.8, 4) is 23.7 Å². The first-order chi connectivity index (χ1) is 16.6. The number of ether oxygens (including phenoxy) is 2. The number of carbonyl (C=O) groups excluding carboxylic acids is 2. The molecule has 0 aliphatic heterocycles. The molecule has 2 aromatic carbocycles. The zero-order chi connectivity index (χ0) is 24.4. The number of allylic oxidation sites excluding steroid dienone is 1. The Labute approximate surface area is 211 Å². The molecule has 0 aliphatic rings. The summed E-state index contributed by atoms with van der Waals surface area (Å²) in [7, 11) is 0. The number of unbranched alkanes of at least 4 members (excludes halogenated alkanes) is 7. The van der Waals surface area contributed by atoms with Crippen molar-refractivity contribution in [2.45, 2.75) is 64.4 Å². The van der Waals surface area contributed by atoms with Crippen molar-refractivity contribution in [2.75, 3.05) is 6.61 Å². The van der Waals surface area contributed by atoms with Gasteiger partial charge in [-0.1, -0.05) is 83.9 Å². The Morgan fingerprint density at radius 3 is 2.47 bits per heavy atom. The summed E-state index contributed by atoms with van der Waals surface area (Å²) in [6.45, 7) is 1.17. The van der Waals surface area contributed by atoms with Crippen LogP contribution in [0.25, 0.3) is 10.8 Å². The van der Waals surface area contributed by atoms with Crippen LogP contribution in [0, 0.1) is 23.7 Å². The number of halogens is 1. The van der Waals surface area contributed by atoms with Gasteiger partial charge in [0.2, 0.25) is 0 Å². The Morgan fingerprint density at radius 2 is 1.71 bits per heavy atom. The summed E-state index contributed by atoms with van der Waals surface area (Å²) in [5.74, 6) is 10.4. The third-order valence-electron chi connectivity index (χ3n) is 5.07. The van der Waals surface area contributed by atoms with E-state index >= 15 is 0 Å². The first-order valence-corrected chi connectivity index (χ1v) is 12.6. The highest BCUT2D eigenvalue weighted by atomic mass is 79.9. The third-order valence-corrected chi connectivity index (χ3v) is 5.44. The normalized spacial score (nSPS) is 11.2. The SMILES string of the molecule is CC(=O)OC[C@@H](C#CC#CCCCCCCCC/C=C/Br)OC(=O)c1ccc2ccccc2c1. The Balaban J connectivity index is 1.81. The molecule has 34 heavy (non-hydrogen) atoms. The van der Waals surface area contributed by atoms with E-state index in [4.69, 9.17) is 9.47 Å². The van der Waals surface area contributed by atoms with Crippen LogP contribution in [0.5, 0.6) is 0 Å². The molecule has 178 valence electrons. The van der Waals surface area contributed by atoms with Crippen LogP contribution >= 0.6 is 15.9 Å². The van der Waals surface area contributed by atoms with Crippen LogP contribution in [-0.2, 0) is 14.3 Å². The van der Waals surface area contributed by atoms with Crippen LogP contribution in [-0.4, -0.2) is 24.6 Å². The molecule has 2 aromatic rings. The second-order valence-corrected chi connectivity index (χ2v) is 8.38. The van der Waals surface area contributed by atoms with Gasteiger partial charge in [0, 0.05) is 13.3 Å². The van der Waals surface area contributed by atoms with Gasteiger partial charge in [-0.3, -0.25) is 4.79 Å². The van der Waals surface area contributed by atoms with Gasteiger partial charge < -0.3 is 9.47 Å². The highest BCUT2D eigenvalue weighted by Crippen LogP contribution is 2.17. The first kappa shape index (κ1) is 27.2. The standard InChI is InChI=1S/C29H31BrO4/c1-24(31)33-23-28(18-12-10-8-6-4-2-3-5-7-9-11-15-21-30)34-29(32)27-20-19-25-16-13-14-17-26(25)22-27/h13-17,19-22,28H,2-7,9,11,23H2,1H3/b21-15+/t28-/m1/s1. The Kier molecular flexibility index (Phi) is 13.3. The van der Waals surface area contributed by atoms with Crippen molar-refractivity contribution in [2.24, 2.45) is 0 Å². The molecule has 5 heteroatoms. The second kappa shape index (κ2) is 16.6. The number of rotatable bonds is 12. The van der Waals surface area contributed by atoms with Gasteiger partial charge in [0.15, 0.2) is 6.10 Å². The van der Waals surface area contributed by atoms with E-state index in [9.17, 15) is 9.59 Å². The van der Waals surface area contributed by atoms with Crippen LogP contribution < -0.4 is 0 Å². The largest absolute Gasteiger partial charge is 0.461 e. The van der Waals surface area contributed by atoms with E-state index < -0.39 is 18.0 Å². The number of hydrogen-bond donors (Lipinski definition) is 0. The lowest BCUT2D eigenvalue weighted by atomic mass is 10.1. The van der Waals surface area contributed by atoms with E-state index in [0.717, 1.165) is 36.5 Å². The lowest BCUT2D eigenvalue weighted by Gasteiger charge is -2.12. The van der Waals surface area contributed by atoms with Gasteiger partial charge >= 0.3 is 11.9 Å². The van der Waals surface area contributed by atoms with E-state index in [1.165, 1.54) is 32.6 Å². The summed E-state index contributed by atoms with van der Waals surface area (Å²) >= 11 is 3.28. The smallest absolute Gasteiger partial charge is 0.339 e. The molecule has 0 heterocycles. The summed E-state index contributed by atoms with van der Waals surface area (Å²) < 4.78 is 10.5. The Bertz CT molecular complexity index is 1080. The molecule has 0 aliphatic carbocycles. The van der Waals surface area contributed by atoms with Crippen molar-refractivity contribution < 1.29 is 19.1 Å². The quantitative estimate of drug-likeness (QED) is 0.171. The molecule has 0 spiro atoms. The van der Waals surface area contributed by atoms with Gasteiger partial charge in [-0.05, 0) is 64.9 Å². The molecule has 0 amide bonds. The third kappa shape index (κ3) is 11.2. The van der Waals surface area contributed by atoms with Gasteiger partial charge in [-0.2, -0.15) is 0 Å². The van der Waals surface area contributed by atoms with Crippen molar-refractivity contribution in [3.63, 3.8) is 0 Å². The van der Waals surface area contributed by atoms with E-state index in [1.807, 2.05) is 35.3 Å². The number of esters is 2. The molecule has 0 unspecified atom stereocenters. The predicted molar refractivity (Wildman–Crippen MR) is 140 cm³/mol. The Morgan fingerprint density at radius 1 is 0.971 bits per heavy atom. The lowest BCUT2D eigenvalue weighted by molar-refractivity contribution is -0.143. The summed E-state index contributed by atoms with van der Waals surface area (Å²) in [6, 6.07) is 13.1. The zero-order valence-corrected chi connectivity index (χ0v) is 21.2. The van der Waals surface area contributed by atoms with Crippen molar-refractivity contribution in [3.05, 3.63) is 59.1 Å². The summed E-state index contributed by atoms with van der Waals surface area (Å²) in [4.78, 5) is 25.7. The average Bonchev–Trinajstić information content (AvgIpc) is 2.84. The maximum atomic E-state index is 12.6. The summed E-state index contributed by atoms with van der Waals surface area (Å²) in [5, 5.41) is 1.98. The van der Waals surface area contributed by atoms with Crippen LogP contribution in [0.1, 0.15) is 68.6 Å². The average molecular weight is 523 g/mol. The maximum absolute atomic E-state index is 12.6. The predicted octanol–water partition coefficient (Wildman–Crippen LogP) is 6.96. The highest BCUT2D eigenvalue weighted by Gasteiger charge is 2.16. The van der Waals surface area contributed by atoms with E-state index in [2.05, 4.69) is 45.7 Å². The van der Waals surface area contributed by atoms with Gasteiger partial charge in [0.05, 0.1) is 5.56 Å². The molecule has 4 nitrogen and oxygen atoms in total. The van der Waals surface area contributed by atoms with E-state index in [0.29, 0.717) is 5.56 Å². The highest BCUT2D eigenvalue weighted by molar-refractivity contribution is 9.11. The summed E-state index contributed by atoms with van der Waals surface area (Å²) in [6.07, 6.45) is 10.4. The zero-order valence-electron chi connectivity index (χ0n) is 19.6. The fourth-order valence-electron chi connectivity index (χ4n) is 3.28. The van der Waals surface area contributed by atoms with Crippen LogP contribution in [0.3, 0.4) is 0 Å². The number of carbonyl (C=O) groups is 2. The van der Waals surface area contributed by atoms with Crippen LogP contribution in [0.15, 0.2) is 53.5 Å². The second-order valence-electron chi connectivity index (χ2n) is 7.85. The van der Waals surface area contributed by atoms with Gasteiger partial charge in [0.1, 0.15) is 6.61 Å².